The first-order chi connectivity index (χ1) is 27.4. The number of amides is 4. The van der Waals surface area contributed by atoms with Crippen molar-refractivity contribution in [2.24, 2.45) is 16.8 Å². The van der Waals surface area contributed by atoms with E-state index in [9.17, 15) is 19.2 Å². The van der Waals surface area contributed by atoms with Gasteiger partial charge >= 0.3 is 12.2 Å². The largest absolute Gasteiger partial charge is 0.453 e. The lowest BCUT2D eigenvalue weighted by atomic mass is 9.77. The van der Waals surface area contributed by atoms with Gasteiger partial charge in [0.05, 0.1) is 50.3 Å². The van der Waals surface area contributed by atoms with Gasteiger partial charge in [0.2, 0.25) is 5.91 Å². The molecular formula is C42H54N8O7. The van der Waals surface area contributed by atoms with Crippen molar-refractivity contribution in [1.29, 1.82) is 0 Å². The summed E-state index contributed by atoms with van der Waals surface area (Å²) in [4.78, 5) is 72.6. The Morgan fingerprint density at radius 1 is 0.825 bits per heavy atom. The highest BCUT2D eigenvalue weighted by molar-refractivity contribution is 5.95. The van der Waals surface area contributed by atoms with Crippen LogP contribution < -0.4 is 16.0 Å². The molecular weight excluding hydrogens is 729 g/mol. The smallest absolute Gasteiger partial charge is 0.407 e. The molecule has 15 nitrogen and oxygen atoms in total. The average Bonchev–Trinajstić information content (AvgIpc) is 4.04. The highest BCUT2D eigenvalue weighted by Crippen LogP contribution is 2.50. The van der Waals surface area contributed by atoms with Crippen LogP contribution in [0.15, 0.2) is 59.7 Å². The van der Waals surface area contributed by atoms with Crippen molar-refractivity contribution in [2.75, 3.05) is 27.3 Å². The molecule has 5 atom stereocenters. The minimum Gasteiger partial charge on any atom is -0.453 e. The summed E-state index contributed by atoms with van der Waals surface area (Å²) < 4.78 is 9.55. The number of carbonyl (C=O) groups is 4. The summed E-state index contributed by atoms with van der Waals surface area (Å²) >= 11 is 0. The molecule has 4 heterocycles. The van der Waals surface area contributed by atoms with Crippen LogP contribution in [0.25, 0.3) is 22.4 Å². The molecule has 57 heavy (non-hydrogen) atoms. The Kier molecular flexibility index (Phi) is 11.6. The van der Waals surface area contributed by atoms with Crippen molar-refractivity contribution in [1.82, 2.24) is 35.9 Å². The maximum Gasteiger partial charge on any atom is 0.407 e. The summed E-state index contributed by atoms with van der Waals surface area (Å²) in [5.41, 5.74) is 4.62. The van der Waals surface area contributed by atoms with Gasteiger partial charge in [-0.2, -0.15) is 0 Å². The third-order valence-corrected chi connectivity index (χ3v) is 11.8. The van der Waals surface area contributed by atoms with E-state index in [-0.39, 0.29) is 35.7 Å². The molecule has 4 N–H and O–H groups in total. The van der Waals surface area contributed by atoms with E-state index >= 15 is 0 Å². The number of rotatable bonds is 11. The Morgan fingerprint density at radius 2 is 1.42 bits per heavy atom. The molecule has 304 valence electrons. The van der Waals surface area contributed by atoms with Gasteiger partial charge in [0, 0.05) is 13.0 Å². The maximum absolute atomic E-state index is 13.8. The molecule has 1 aliphatic carbocycles. The van der Waals surface area contributed by atoms with Crippen LogP contribution in [0.3, 0.4) is 0 Å². The second-order valence-corrected chi connectivity index (χ2v) is 16.2. The normalized spacial score (nSPS) is 22.2. The third kappa shape index (κ3) is 8.20. The molecule has 1 spiro atoms. The summed E-state index contributed by atoms with van der Waals surface area (Å²) in [6, 6.07) is 14.6. The van der Waals surface area contributed by atoms with Gasteiger partial charge in [-0.1, -0.05) is 76.2 Å². The van der Waals surface area contributed by atoms with Crippen molar-refractivity contribution < 1.29 is 33.5 Å². The Hall–Kier alpha value is -5.44. The molecule has 1 aromatic heterocycles. The number of carbonyl (C=O) groups excluding carboxylic acids is 4. The topological polar surface area (TPSA) is 180 Å². The summed E-state index contributed by atoms with van der Waals surface area (Å²) in [5, 5.41) is 10.4. The lowest BCUT2D eigenvalue weighted by Crippen LogP contribution is -2.54. The number of H-pyrrole nitrogens is 1. The van der Waals surface area contributed by atoms with Gasteiger partial charge < -0.3 is 35.3 Å². The van der Waals surface area contributed by atoms with Gasteiger partial charge in [-0.15, -0.1) is 0 Å². The zero-order valence-electron chi connectivity index (χ0n) is 33.5. The van der Waals surface area contributed by atoms with Gasteiger partial charge in [-0.05, 0) is 66.2 Å². The summed E-state index contributed by atoms with van der Waals surface area (Å²) in [7, 11) is 2.57. The van der Waals surface area contributed by atoms with Crippen molar-refractivity contribution in [3.8, 4) is 22.4 Å². The van der Waals surface area contributed by atoms with Crippen LogP contribution in [0.4, 0.5) is 9.59 Å². The van der Waals surface area contributed by atoms with Gasteiger partial charge in [-0.3, -0.25) is 19.4 Å². The number of aromatic nitrogens is 2. The van der Waals surface area contributed by atoms with E-state index in [2.05, 4.69) is 69.5 Å². The SMILES string of the molecule is COC(=O)N[C@H](C(=O)N1CCC[C@H]1C1=NCC(c2ccc(-c3ccc(-c4cnc([C@@H]5CC6(CCC6)ON5C(=O)[C@@H](NC(=O)OC)C(C)C)[nH]4)cc3)cc2)N1)C(C)C. The Labute approximate surface area is 333 Å². The van der Waals surface area contributed by atoms with Crippen molar-refractivity contribution >= 4 is 29.8 Å². The first-order valence-corrected chi connectivity index (χ1v) is 20.0. The molecule has 0 bridgehead atoms. The molecule has 1 unspecified atom stereocenters. The summed E-state index contributed by atoms with van der Waals surface area (Å²) in [6.45, 7) is 8.75. The number of amidine groups is 1. The molecule has 1 saturated carbocycles. The molecule has 15 heteroatoms. The fourth-order valence-corrected chi connectivity index (χ4v) is 8.30. The van der Waals surface area contributed by atoms with Crippen LogP contribution in [-0.2, 0) is 23.9 Å². The number of hydroxylamine groups is 2. The number of alkyl carbamates (subject to hydrolysis) is 2. The number of likely N-dealkylation sites (tertiary alicyclic amines) is 1. The number of hydrogen-bond acceptors (Lipinski definition) is 10. The minimum atomic E-state index is -0.812. The Balaban J connectivity index is 0.990. The molecule has 2 saturated heterocycles. The average molecular weight is 783 g/mol. The van der Waals surface area contributed by atoms with Crippen molar-refractivity contribution in [3.63, 3.8) is 0 Å². The minimum absolute atomic E-state index is 0.00586. The number of nitrogens with one attached hydrogen (secondary N) is 4. The van der Waals surface area contributed by atoms with Gasteiger partial charge in [0.25, 0.3) is 5.91 Å². The summed E-state index contributed by atoms with van der Waals surface area (Å²) in [5.74, 6) is 0.721. The van der Waals surface area contributed by atoms with Crippen molar-refractivity contribution in [3.05, 3.63) is 66.1 Å². The second-order valence-electron chi connectivity index (χ2n) is 16.2. The van der Waals surface area contributed by atoms with E-state index < -0.39 is 35.9 Å². The molecule has 0 radical (unpaired) electrons. The predicted octanol–water partition coefficient (Wildman–Crippen LogP) is 5.67. The predicted molar refractivity (Wildman–Crippen MR) is 213 cm³/mol. The van der Waals surface area contributed by atoms with Crippen LogP contribution in [0, 0.1) is 11.8 Å². The lowest BCUT2D eigenvalue weighted by Gasteiger charge is -2.37. The monoisotopic (exact) mass is 782 g/mol. The first kappa shape index (κ1) is 39.8. The van der Waals surface area contributed by atoms with E-state index in [1.807, 2.05) is 32.6 Å². The number of hydrogen-bond donors (Lipinski definition) is 4. The van der Waals surface area contributed by atoms with Gasteiger partial charge in [-0.25, -0.2) is 19.6 Å². The van der Waals surface area contributed by atoms with E-state index in [1.54, 1.807) is 6.20 Å². The number of methoxy groups -OCH3 is 2. The Morgan fingerprint density at radius 3 is 2.00 bits per heavy atom. The zero-order chi connectivity index (χ0) is 40.4. The van der Waals surface area contributed by atoms with Crippen LogP contribution in [-0.4, -0.2) is 101 Å². The fourth-order valence-electron chi connectivity index (χ4n) is 8.30. The lowest BCUT2D eigenvalue weighted by molar-refractivity contribution is -0.230. The van der Waals surface area contributed by atoms with E-state index in [0.717, 1.165) is 65.9 Å². The van der Waals surface area contributed by atoms with E-state index in [4.69, 9.17) is 24.3 Å². The van der Waals surface area contributed by atoms with Crippen LogP contribution in [0.2, 0.25) is 0 Å². The molecule has 7 rings (SSSR count). The number of aliphatic imine (C=N–C) groups is 1. The highest BCUT2D eigenvalue weighted by Gasteiger charge is 2.54. The van der Waals surface area contributed by atoms with Gasteiger partial charge in [0.15, 0.2) is 0 Å². The number of ether oxygens (including phenoxy) is 2. The fraction of sp³-hybridized carbons (Fsp3) is 0.524. The van der Waals surface area contributed by atoms with Crippen LogP contribution >= 0.6 is 0 Å². The van der Waals surface area contributed by atoms with Crippen LogP contribution in [0.1, 0.15) is 89.7 Å². The molecule has 3 aromatic rings. The number of imidazole rings is 1. The van der Waals surface area contributed by atoms with Gasteiger partial charge in [0.1, 0.15) is 29.8 Å². The van der Waals surface area contributed by atoms with E-state index in [0.29, 0.717) is 25.3 Å². The van der Waals surface area contributed by atoms with Crippen LogP contribution in [0.5, 0.6) is 0 Å². The van der Waals surface area contributed by atoms with E-state index in [1.165, 1.54) is 19.3 Å². The highest BCUT2D eigenvalue weighted by atomic mass is 16.7. The molecule has 3 fully saturated rings. The summed E-state index contributed by atoms with van der Waals surface area (Å²) in [6.07, 6.45) is 5.58. The molecule has 4 amide bonds. The first-order valence-electron chi connectivity index (χ1n) is 20.0. The number of nitrogens with zero attached hydrogens (tertiary/aromatic N) is 4. The second kappa shape index (κ2) is 16.6. The Bertz CT molecular complexity index is 1970. The number of aromatic amines is 1. The quantitative estimate of drug-likeness (QED) is 0.191. The third-order valence-electron chi connectivity index (χ3n) is 11.8. The molecule has 3 aliphatic heterocycles. The molecule has 4 aliphatic rings. The zero-order valence-corrected chi connectivity index (χ0v) is 33.5. The maximum atomic E-state index is 13.8. The standard InChI is InChI=1S/C42H54N8O7/c1-24(2)34(47-40(53)55-5)38(51)49-20-7-9-32(49)36-43-22-30(45-36)28-14-10-26(11-15-28)27-12-16-29(17-13-27)31-23-44-37(46-31)33-21-42(18-8-19-42)57-50(33)39(52)35(25(3)4)48-41(54)56-6/h10-17,23-25,30,32-35H,7-9,18-22H2,1-6H3,(H,43,45)(H,44,46)(H,47,53)(H,48,54)/t30?,32-,33-,34-,35-/m0/s1. The number of benzene rings is 2. The molecule has 2 aromatic carbocycles. The van der Waals surface area contributed by atoms with Crippen molar-refractivity contribution in [2.45, 2.75) is 102 Å².